The Bertz CT molecular complexity index is 775. The molecule has 0 spiro atoms. The van der Waals surface area contributed by atoms with Crippen LogP contribution in [0, 0.1) is 0 Å². The first-order chi connectivity index (χ1) is 10.1. The van der Waals surface area contributed by atoms with E-state index in [-0.39, 0.29) is 18.2 Å². The molecule has 0 saturated heterocycles. The van der Waals surface area contributed by atoms with Crippen LogP contribution in [0.15, 0.2) is 48.5 Å². The molecule has 0 unspecified atom stereocenters. The van der Waals surface area contributed by atoms with Crippen LogP contribution in [0.5, 0.6) is 5.75 Å². The van der Waals surface area contributed by atoms with Crippen LogP contribution >= 0.6 is 12.4 Å². The number of para-hydroxylation sites is 1. The molecular formula is C16H17ClN4O. The predicted octanol–water partition coefficient (Wildman–Crippen LogP) is 3.57. The predicted molar refractivity (Wildman–Crippen MR) is 92.5 cm³/mol. The summed E-state index contributed by atoms with van der Waals surface area (Å²) in [5.74, 6) is 1.62. The number of phenols is 1. The number of fused-ring (bicyclic) bond motifs is 1. The molecule has 5 nitrogen and oxygen atoms in total. The molecule has 1 heterocycles. The van der Waals surface area contributed by atoms with Crippen molar-refractivity contribution >= 4 is 40.8 Å². The van der Waals surface area contributed by atoms with Crippen molar-refractivity contribution in [1.82, 2.24) is 9.97 Å². The molecule has 6 heteroatoms. The van der Waals surface area contributed by atoms with E-state index in [2.05, 4.69) is 15.3 Å². The van der Waals surface area contributed by atoms with Crippen LogP contribution in [-0.2, 0) is 0 Å². The third-order valence-corrected chi connectivity index (χ3v) is 3.13. The molecular weight excluding hydrogens is 300 g/mol. The van der Waals surface area contributed by atoms with Crippen molar-refractivity contribution in [3.05, 3.63) is 48.5 Å². The Morgan fingerprint density at radius 2 is 1.64 bits per heavy atom. The van der Waals surface area contributed by atoms with Crippen molar-refractivity contribution in [1.29, 1.82) is 0 Å². The van der Waals surface area contributed by atoms with Crippen LogP contribution in [0.2, 0.25) is 0 Å². The van der Waals surface area contributed by atoms with Crippen LogP contribution in [0.25, 0.3) is 10.9 Å². The van der Waals surface area contributed by atoms with E-state index in [1.165, 1.54) is 0 Å². The Kier molecular flexibility index (Phi) is 4.68. The minimum absolute atomic E-state index is 0. The number of phenolic OH excluding ortho intramolecular Hbond substituents is 1. The normalized spacial score (nSPS) is 10.1. The van der Waals surface area contributed by atoms with Crippen molar-refractivity contribution < 1.29 is 5.11 Å². The molecule has 0 amide bonds. The summed E-state index contributed by atoms with van der Waals surface area (Å²) >= 11 is 0. The van der Waals surface area contributed by atoms with E-state index in [1.54, 1.807) is 24.3 Å². The molecule has 1 aromatic heterocycles. The fourth-order valence-corrected chi connectivity index (χ4v) is 2.13. The Labute approximate surface area is 135 Å². The van der Waals surface area contributed by atoms with Gasteiger partial charge in [-0.05, 0) is 36.4 Å². The van der Waals surface area contributed by atoms with Crippen molar-refractivity contribution in [2.75, 3.05) is 24.3 Å². The molecule has 0 aliphatic heterocycles. The SMILES string of the molecule is CN(C)c1nc(Nc2ccc(O)cc2)nc2ccccc12.Cl. The van der Waals surface area contributed by atoms with E-state index in [0.29, 0.717) is 5.95 Å². The number of anilines is 3. The summed E-state index contributed by atoms with van der Waals surface area (Å²) in [5.41, 5.74) is 1.71. The van der Waals surface area contributed by atoms with Crippen molar-refractivity contribution in [3.8, 4) is 5.75 Å². The quantitative estimate of drug-likeness (QED) is 0.723. The number of hydrogen-bond donors (Lipinski definition) is 2. The molecule has 0 fully saturated rings. The van der Waals surface area contributed by atoms with Crippen LogP contribution < -0.4 is 10.2 Å². The Morgan fingerprint density at radius 3 is 2.32 bits per heavy atom. The van der Waals surface area contributed by atoms with Gasteiger partial charge in [0.1, 0.15) is 11.6 Å². The number of nitrogens with one attached hydrogen (secondary N) is 1. The third kappa shape index (κ3) is 3.20. The van der Waals surface area contributed by atoms with Crippen molar-refractivity contribution in [3.63, 3.8) is 0 Å². The smallest absolute Gasteiger partial charge is 0.229 e. The molecule has 0 radical (unpaired) electrons. The van der Waals surface area contributed by atoms with Crippen LogP contribution in [0.1, 0.15) is 0 Å². The summed E-state index contributed by atoms with van der Waals surface area (Å²) in [6.07, 6.45) is 0. The van der Waals surface area contributed by atoms with Gasteiger partial charge in [-0.2, -0.15) is 4.98 Å². The van der Waals surface area contributed by atoms with Gasteiger partial charge in [-0.1, -0.05) is 12.1 Å². The highest BCUT2D eigenvalue weighted by Crippen LogP contribution is 2.25. The van der Waals surface area contributed by atoms with Crippen LogP contribution in [0.3, 0.4) is 0 Å². The zero-order chi connectivity index (χ0) is 14.8. The molecule has 0 bridgehead atoms. The standard InChI is InChI=1S/C16H16N4O.ClH/c1-20(2)15-13-5-3-4-6-14(13)18-16(19-15)17-11-7-9-12(21)10-8-11;/h3-10,21H,1-2H3,(H,17,18,19);1H. The molecule has 2 aromatic carbocycles. The minimum atomic E-state index is 0. The van der Waals surface area contributed by atoms with E-state index in [4.69, 9.17) is 0 Å². The Hall–Kier alpha value is -2.53. The zero-order valence-corrected chi connectivity index (χ0v) is 13.1. The van der Waals surface area contributed by atoms with Gasteiger partial charge in [-0.25, -0.2) is 4.98 Å². The number of rotatable bonds is 3. The first-order valence-corrected chi connectivity index (χ1v) is 6.63. The first kappa shape index (κ1) is 15.9. The average Bonchev–Trinajstić information content (AvgIpc) is 2.48. The van der Waals surface area contributed by atoms with Gasteiger partial charge in [-0.15, -0.1) is 12.4 Å². The largest absolute Gasteiger partial charge is 0.508 e. The number of hydrogen-bond acceptors (Lipinski definition) is 5. The summed E-state index contributed by atoms with van der Waals surface area (Å²) in [6, 6.07) is 14.7. The lowest BCUT2D eigenvalue weighted by Gasteiger charge is -2.15. The summed E-state index contributed by atoms with van der Waals surface area (Å²) < 4.78 is 0. The first-order valence-electron chi connectivity index (χ1n) is 6.63. The lowest BCUT2D eigenvalue weighted by molar-refractivity contribution is 0.475. The number of nitrogens with zero attached hydrogens (tertiary/aromatic N) is 3. The molecule has 0 aliphatic rings. The van der Waals surface area contributed by atoms with E-state index in [1.807, 2.05) is 43.3 Å². The lowest BCUT2D eigenvalue weighted by Crippen LogP contribution is -2.13. The van der Waals surface area contributed by atoms with Gasteiger partial charge in [0.15, 0.2) is 0 Å². The summed E-state index contributed by atoms with van der Waals surface area (Å²) in [7, 11) is 3.91. The van der Waals surface area contributed by atoms with Crippen molar-refractivity contribution in [2.24, 2.45) is 0 Å². The third-order valence-electron chi connectivity index (χ3n) is 3.13. The van der Waals surface area contributed by atoms with Crippen LogP contribution in [-0.4, -0.2) is 29.2 Å². The minimum Gasteiger partial charge on any atom is -0.508 e. The van der Waals surface area contributed by atoms with E-state index in [0.717, 1.165) is 22.4 Å². The van der Waals surface area contributed by atoms with Crippen LogP contribution in [0.4, 0.5) is 17.5 Å². The summed E-state index contributed by atoms with van der Waals surface area (Å²) in [4.78, 5) is 11.0. The highest BCUT2D eigenvalue weighted by Gasteiger charge is 2.09. The van der Waals surface area contributed by atoms with E-state index >= 15 is 0 Å². The fraction of sp³-hybridized carbons (Fsp3) is 0.125. The zero-order valence-electron chi connectivity index (χ0n) is 12.3. The maximum atomic E-state index is 9.32. The van der Waals surface area contributed by atoms with Gasteiger partial charge >= 0.3 is 0 Å². The number of benzene rings is 2. The molecule has 2 N–H and O–H groups in total. The second-order valence-electron chi connectivity index (χ2n) is 4.95. The topological polar surface area (TPSA) is 61.3 Å². The number of halogens is 1. The average molecular weight is 317 g/mol. The molecule has 3 rings (SSSR count). The maximum absolute atomic E-state index is 9.32. The maximum Gasteiger partial charge on any atom is 0.229 e. The fourth-order valence-electron chi connectivity index (χ4n) is 2.13. The molecule has 114 valence electrons. The molecule has 22 heavy (non-hydrogen) atoms. The second-order valence-corrected chi connectivity index (χ2v) is 4.95. The van der Waals surface area contributed by atoms with Gasteiger partial charge in [0.2, 0.25) is 5.95 Å². The molecule has 0 atom stereocenters. The molecule has 0 saturated carbocycles. The second kappa shape index (κ2) is 6.49. The number of aromatic hydroxyl groups is 1. The highest BCUT2D eigenvalue weighted by molar-refractivity contribution is 5.90. The van der Waals surface area contributed by atoms with Gasteiger partial charge in [0, 0.05) is 25.2 Å². The molecule has 3 aromatic rings. The number of aromatic nitrogens is 2. The van der Waals surface area contributed by atoms with Gasteiger partial charge < -0.3 is 15.3 Å². The highest BCUT2D eigenvalue weighted by atomic mass is 35.5. The van der Waals surface area contributed by atoms with E-state index < -0.39 is 0 Å². The van der Waals surface area contributed by atoms with Gasteiger partial charge in [0.05, 0.1) is 5.52 Å². The lowest BCUT2D eigenvalue weighted by atomic mass is 10.2. The Balaban J connectivity index is 0.00000176. The van der Waals surface area contributed by atoms with Gasteiger partial charge in [-0.3, -0.25) is 0 Å². The Morgan fingerprint density at radius 1 is 0.955 bits per heavy atom. The summed E-state index contributed by atoms with van der Waals surface area (Å²) in [6.45, 7) is 0. The van der Waals surface area contributed by atoms with E-state index in [9.17, 15) is 5.11 Å². The van der Waals surface area contributed by atoms with Crippen molar-refractivity contribution in [2.45, 2.75) is 0 Å². The monoisotopic (exact) mass is 316 g/mol. The summed E-state index contributed by atoms with van der Waals surface area (Å²) in [5, 5.41) is 13.5. The molecule has 0 aliphatic carbocycles. The van der Waals surface area contributed by atoms with Gasteiger partial charge in [0.25, 0.3) is 0 Å².